The minimum atomic E-state index is 0.437. The van der Waals surface area contributed by atoms with Gasteiger partial charge in [-0.1, -0.05) is 31.9 Å². The first-order valence-corrected chi connectivity index (χ1v) is 3.71. The Bertz CT molecular complexity index is 67.0. The quantitative estimate of drug-likeness (QED) is 0.399. The van der Waals surface area contributed by atoms with Crippen LogP contribution in [0.3, 0.4) is 0 Å². The first kappa shape index (κ1) is 8.70. The molecule has 1 radical (unpaired) electrons. The van der Waals surface area contributed by atoms with Crippen LogP contribution in [0.25, 0.3) is 0 Å². The first-order valence-electron chi connectivity index (χ1n) is 3.71. The van der Waals surface area contributed by atoms with Crippen molar-refractivity contribution in [2.75, 3.05) is 6.54 Å². The SMILES string of the molecule is CCCCC/C=C/C[NH]. The average Bonchev–Trinajstić information content (AvgIpc) is 1.89. The molecule has 0 saturated carbocycles. The molecule has 0 rings (SSSR count). The molecule has 1 N–H and O–H groups in total. The number of allylic oxidation sites excluding steroid dienone is 1. The zero-order valence-corrected chi connectivity index (χ0v) is 6.19. The van der Waals surface area contributed by atoms with Crippen LogP contribution in [0.5, 0.6) is 0 Å². The third-order valence-corrected chi connectivity index (χ3v) is 1.26. The summed E-state index contributed by atoms with van der Waals surface area (Å²) < 4.78 is 0. The molecule has 0 atom stereocenters. The van der Waals surface area contributed by atoms with Gasteiger partial charge in [0.25, 0.3) is 0 Å². The van der Waals surface area contributed by atoms with Crippen LogP contribution in [0.1, 0.15) is 32.6 Å². The Kier molecular flexibility index (Phi) is 7.44. The van der Waals surface area contributed by atoms with Gasteiger partial charge in [0.05, 0.1) is 0 Å². The van der Waals surface area contributed by atoms with Gasteiger partial charge in [0.1, 0.15) is 0 Å². The summed E-state index contributed by atoms with van der Waals surface area (Å²) in [7, 11) is 0. The van der Waals surface area contributed by atoms with E-state index in [4.69, 9.17) is 5.73 Å². The second-order valence-electron chi connectivity index (χ2n) is 2.17. The second kappa shape index (κ2) is 7.70. The van der Waals surface area contributed by atoms with Crippen molar-refractivity contribution in [3.8, 4) is 0 Å². The van der Waals surface area contributed by atoms with Gasteiger partial charge in [0.15, 0.2) is 0 Å². The van der Waals surface area contributed by atoms with Crippen molar-refractivity contribution < 1.29 is 0 Å². The van der Waals surface area contributed by atoms with Gasteiger partial charge in [-0.25, -0.2) is 0 Å². The van der Waals surface area contributed by atoms with Crippen molar-refractivity contribution in [3.05, 3.63) is 12.2 Å². The molecule has 0 aliphatic heterocycles. The third-order valence-electron chi connectivity index (χ3n) is 1.26. The molecule has 0 aliphatic rings. The molecule has 53 valence electrons. The highest BCUT2D eigenvalue weighted by atomic mass is 14.5. The normalized spacial score (nSPS) is 10.9. The van der Waals surface area contributed by atoms with Crippen molar-refractivity contribution in [1.29, 1.82) is 0 Å². The zero-order valence-electron chi connectivity index (χ0n) is 6.19. The van der Waals surface area contributed by atoms with Crippen LogP contribution < -0.4 is 5.73 Å². The molecule has 0 heterocycles. The topological polar surface area (TPSA) is 23.8 Å². The van der Waals surface area contributed by atoms with Crippen LogP contribution in [0.15, 0.2) is 12.2 Å². The van der Waals surface area contributed by atoms with Crippen molar-refractivity contribution in [1.82, 2.24) is 5.73 Å². The van der Waals surface area contributed by atoms with Crippen LogP contribution in [0.2, 0.25) is 0 Å². The maximum absolute atomic E-state index is 6.80. The predicted octanol–water partition coefficient (Wildman–Crippen LogP) is 2.41. The lowest BCUT2D eigenvalue weighted by Crippen LogP contribution is -1.75. The third kappa shape index (κ3) is 7.70. The van der Waals surface area contributed by atoms with E-state index in [2.05, 4.69) is 13.0 Å². The Morgan fingerprint density at radius 3 is 2.56 bits per heavy atom. The van der Waals surface area contributed by atoms with E-state index >= 15 is 0 Å². The number of nitrogens with one attached hydrogen (secondary N) is 1. The summed E-state index contributed by atoms with van der Waals surface area (Å²) in [6, 6.07) is 0. The summed E-state index contributed by atoms with van der Waals surface area (Å²) in [6.45, 7) is 2.64. The molecule has 0 saturated heterocycles. The summed E-state index contributed by atoms with van der Waals surface area (Å²) in [6.07, 6.45) is 9.06. The van der Waals surface area contributed by atoms with Gasteiger partial charge >= 0.3 is 0 Å². The van der Waals surface area contributed by atoms with Crippen molar-refractivity contribution in [2.45, 2.75) is 32.6 Å². The smallest absolute Gasteiger partial charge is 0.0281 e. The molecule has 0 aromatic carbocycles. The minimum Gasteiger partial charge on any atom is -0.254 e. The van der Waals surface area contributed by atoms with Crippen molar-refractivity contribution >= 4 is 0 Å². The molecule has 0 aliphatic carbocycles. The predicted molar refractivity (Wildman–Crippen MR) is 41.2 cm³/mol. The lowest BCUT2D eigenvalue weighted by Gasteiger charge is -1.89. The monoisotopic (exact) mass is 126 g/mol. The van der Waals surface area contributed by atoms with Crippen LogP contribution in [-0.2, 0) is 0 Å². The van der Waals surface area contributed by atoms with Crippen LogP contribution >= 0.6 is 0 Å². The van der Waals surface area contributed by atoms with Gasteiger partial charge in [-0.15, -0.1) is 0 Å². The fourth-order valence-electron chi connectivity index (χ4n) is 0.713. The van der Waals surface area contributed by atoms with E-state index in [0.717, 1.165) is 6.42 Å². The van der Waals surface area contributed by atoms with E-state index in [1.54, 1.807) is 0 Å². The van der Waals surface area contributed by atoms with Crippen LogP contribution in [0.4, 0.5) is 0 Å². The van der Waals surface area contributed by atoms with Gasteiger partial charge in [0, 0.05) is 6.54 Å². The molecule has 0 bridgehead atoms. The number of unbranched alkanes of at least 4 members (excludes halogenated alkanes) is 3. The number of hydrogen-bond donors (Lipinski definition) is 0. The summed E-state index contributed by atoms with van der Waals surface area (Å²) in [5.41, 5.74) is 6.80. The Hall–Kier alpha value is -0.300. The summed E-state index contributed by atoms with van der Waals surface area (Å²) in [5, 5.41) is 0. The molecule has 9 heavy (non-hydrogen) atoms. The van der Waals surface area contributed by atoms with Gasteiger partial charge in [0.2, 0.25) is 0 Å². The molecule has 1 nitrogen and oxygen atoms in total. The molecule has 0 spiro atoms. The lowest BCUT2D eigenvalue weighted by molar-refractivity contribution is 0.728. The van der Waals surface area contributed by atoms with Crippen molar-refractivity contribution in [2.24, 2.45) is 0 Å². The van der Waals surface area contributed by atoms with E-state index in [9.17, 15) is 0 Å². The fourth-order valence-corrected chi connectivity index (χ4v) is 0.713. The van der Waals surface area contributed by atoms with Gasteiger partial charge in [-0.2, -0.15) is 0 Å². The highest BCUT2D eigenvalue weighted by molar-refractivity contribution is 4.81. The molecular formula is C8H16N. The van der Waals surface area contributed by atoms with Gasteiger partial charge < -0.3 is 0 Å². The van der Waals surface area contributed by atoms with E-state index in [-0.39, 0.29) is 0 Å². The Labute approximate surface area is 57.9 Å². The van der Waals surface area contributed by atoms with Crippen molar-refractivity contribution in [3.63, 3.8) is 0 Å². The molecular weight excluding hydrogens is 110 g/mol. The Balaban J connectivity index is 2.82. The fraction of sp³-hybridized carbons (Fsp3) is 0.750. The number of hydrogen-bond acceptors (Lipinski definition) is 0. The van der Waals surface area contributed by atoms with Crippen LogP contribution in [-0.4, -0.2) is 6.54 Å². The van der Waals surface area contributed by atoms with Gasteiger partial charge in [-0.05, 0) is 12.8 Å². The van der Waals surface area contributed by atoms with Crippen LogP contribution in [0, 0.1) is 0 Å². The Morgan fingerprint density at radius 2 is 2.00 bits per heavy atom. The maximum atomic E-state index is 6.80. The van der Waals surface area contributed by atoms with E-state index in [1.807, 2.05) is 6.08 Å². The summed E-state index contributed by atoms with van der Waals surface area (Å²) in [5.74, 6) is 0. The second-order valence-corrected chi connectivity index (χ2v) is 2.17. The highest BCUT2D eigenvalue weighted by Crippen LogP contribution is 1.98. The summed E-state index contributed by atoms with van der Waals surface area (Å²) in [4.78, 5) is 0. The Morgan fingerprint density at radius 1 is 1.22 bits per heavy atom. The molecule has 0 aromatic rings. The molecule has 0 aromatic heterocycles. The lowest BCUT2D eigenvalue weighted by atomic mass is 10.2. The largest absolute Gasteiger partial charge is 0.254 e. The van der Waals surface area contributed by atoms with E-state index in [0.29, 0.717) is 6.54 Å². The zero-order chi connectivity index (χ0) is 6.95. The van der Waals surface area contributed by atoms with E-state index < -0.39 is 0 Å². The molecule has 1 heteroatoms. The first-order chi connectivity index (χ1) is 4.41. The van der Waals surface area contributed by atoms with E-state index in [1.165, 1.54) is 19.3 Å². The number of rotatable bonds is 5. The molecule has 0 unspecified atom stereocenters. The molecule has 0 amide bonds. The maximum Gasteiger partial charge on any atom is 0.0281 e. The average molecular weight is 126 g/mol. The minimum absolute atomic E-state index is 0.437. The highest BCUT2D eigenvalue weighted by Gasteiger charge is 1.79. The standard InChI is InChI=1S/C8H16N/c1-2-3-4-5-6-7-8-9/h6-7,9H,2-5,8H2,1H3/b7-6+. The summed E-state index contributed by atoms with van der Waals surface area (Å²) >= 11 is 0. The van der Waals surface area contributed by atoms with Gasteiger partial charge in [-0.3, -0.25) is 5.73 Å². The molecule has 0 fully saturated rings.